The molecule has 0 saturated heterocycles. The summed E-state index contributed by atoms with van der Waals surface area (Å²) < 4.78 is 0. The zero-order chi connectivity index (χ0) is 14.0. The average molecular weight is 266 g/mol. The second kappa shape index (κ2) is 17.3. The minimum atomic E-state index is 1.03. The summed E-state index contributed by atoms with van der Waals surface area (Å²) in [5, 5.41) is 8.49. The smallest absolute Gasteiger partial charge is 0.0751 e. The van der Waals surface area contributed by atoms with E-state index >= 15 is 0 Å². The van der Waals surface area contributed by atoms with Crippen molar-refractivity contribution >= 4 is 0 Å². The predicted molar refractivity (Wildman–Crippen MR) is 86.6 cm³/mol. The quantitative estimate of drug-likeness (QED) is 0.210. The molecule has 0 amide bonds. The second-order valence-electron chi connectivity index (χ2n) is 5.38. The highest BCUT2D eigenvalue weighted by Gasteiger charge is 1.92. The molecule has 1 nitrogen and oxygen atoms in total. The summed E-state index contributed by atoms with van der Waals surface area (Å²) in [7, 11) is 0. The van der Waals surface area contributed by atoms with Gasteiger partial charge in [-0.25, -0.2) is 0 Å². The Labute approximate surface area is 120 Å². The van der Waals surface area contributed by atoms with Crippen LogP contribution in [0.5, 0.6) is 0 Å². The van der Waals surface area contributed by atoms with E-state index in [0.29, 0.717) is 0 Å². The van der Waals surface area contributed by atoms with Crippen LogP contribution in [0.3, 0.4) is 0 Å². The molecule has 0 aliphatic carbocycles. The van der Waals surface area contributed by atoms with Crippen molar-refractivity contribution in [3.63, 3.8) is 0 Å². The van der Waals surface area contributed by atoms with Gasteiger partial charge in [0.05, 0.1) is 6.26 Å². The van der Waals surface area contributed by atoms with Gasteiger partial charge in [-0.15, -0.1) is 0 Å². The van der Waals surface area contributed by atoms with E-state index in [-0.39, 0.29) is 0 Å². The van der Waals surface area contributed by atoms with Gasteiger partial charge in [0.1, 0.15) is 0 Å². The molecule has 0 spiro atoms. The highest BCUT2D eigenvalue weighted by molar-refractivity contribution is 4.79. The fourth-order valence-corrected chi connectivity index (χ4v) is 2.30. The van der Waals surface area contributed by atoms with E-state index in [1.54, 1.807) is 0 Å². The molecule has 0 heterocycles. The summed E-state index contributed by atoms with van der Waals surface area (Å²) in [6, 6.07) is 0. The van der Waals surface area contributed by atoms with Crippen LogP contribution in [0.2, 0.25) is 0 Å². The van der Waals surface area contributed by atoms with Crippen LogP contribution < -0.4 is 0 Å². The zero-order valence-electron chi connectivity index (χ0n) is 12.9. The van der Waals surface area contributed by atoms with Gasteiger partial charge in [0.15, 0.2) is 0 Å². The van der Waals surface area contributed by atoms with Gasteiger partial charge in [-0.2, -0.15) is 0 Å². The third kappa shape index (κ3) is 17.3. The normalized spacial score (nSPS) is 11.8. The van der Waals surface area contributed by atoms with Crippen LogP contribution in [-0.2, 0) is 0 Å². The standard InChI is InChI=1S/C18H34O/c1-2-3-4-5-6-7-8-9-10-11-12-13-14-15-16-17-18-19/h3-4,17-19H,2,5-16H2,1H3/b4-3?,18-17-. The fourth-order valence-electron chi connectivity index (χ4n) is 2.30. The Morgan fingerprint density at radius 2 is 1.00 bits per heavy atom. The monoisotopic (exact) mass is 266 g/mol. The molecule has 19 heavy (non-hydrogen) atoms. The molecule has 0 bridgehead atoms. The number of hydrogen-bond donors (Lipinski definition) is 1. The minimum Gasteiger partial charge on any atom is -0.516 e. The zero-order valence-corrected chi connectivity index (χ0v) is 12.9. The van der Waals surface area contributed by atoms with Gasteiger partial charge >= 0.3 is 0 Å². The molecule has 0 fully saturated rings. The van der Waals surface area contributed by atoms with Crippen molar-refractivity contribution in [3.8, 4) is 0 Å². The summed E-state index contributed by atoms with van der Waals surface area (Å²) in [6.07, 6.45) is 24.8. The summed E-state index contributed by atoms with van der Waals surface area (Å²) in [5.41, 5.74) is 0. The molecular weight excluding hydrogens is 232 g/mol. The Balaban J connectivity index is 2.97. The molecule has 1 N–H and O–H groups in total. The summed E-state index contributed by atoms with van der Waals surface area (Å²) in [5.74, 6) is 0. The van der Waals surface area contributed by atoms with E-state index in [1.807, 2.05) is 6.08 Å². The third-order valence-electron chi connectivity index (χ3n) is 3.50. The summed E-state index contributed by atoms with van der Waals surface area (Å²) >= 11 is 0. The molecule has 0 aromatic heterocycles. The lowest BCUT2D eigenvalue weighted by Crippen LogP contribution is -1.82. The molecule has 0 saturated carbocycles. The van der Waals surface area contributed by atoms with Crippen LogP contribution in [0, 0.1) is 0 Å². The fraction of sp³-hybridized carbons (Fsp3) is 0.778. The van der Waals surface area contributed by atoms with Crippen LogP contribution in [0.4, 0.5) is 0 Å². The SMILES string of the molecule is CCC=CCCCCCCCCCCCC/C=C\O. The van der Waals surface area contributed by atoms with E-state index < -0.39 is 0 Å². The van der Waals surface area contributed by atoms with Crippen LogP contribution in [0.15, 0.2) is 24.5 Å². The second-order valence-corrected chi connectivity index (χ2v) is 5.38. The Morgan fingerprint density at radius 3 is 1.42 bits per heavy atom. The predicted octanol–water partition coefficient (Wildman–Crippen LogP) is 6.71. The largest absolute Gasteiger partial charge is 0.516 e. The van der Waals surface area contributed by atoms with Gasteiger partial charge in [-0.05, 0) is 32.1 Å². The first kappa shape index (κ1) is 18.3. The first-order valence-corrected chi connectivity index (χ1v) is 8.36. The van der Waals surface area contributed by atoms with Crippen molar-refractivity contribution in [3.05, 3.63) is 24.5 Å². The maximum atomic E-state index is 8.49. The van der Waals surface area contributed by atoms with Crippen molar-refractivity contribution in [1.82, 2.24) is 0 Å². The van der Waals surface area contributed by atoms with Gasteiger partial charge in [0.2, 0.25) is 0 Å². The summed E-state index contributed by atoms with van der Waals surface area (Å²) in [4.78, 5) is 0. The molecule has 1 heteroatoms. The Kier molecular flexibility index (Phi) is 16.6. The van der Waals surface area contributed by atoms with Gasteiger partial charge in [0, 0.05) is 0 Å². The van der Waals surface area contributed by atoms with E-state index in [9.17, 15) is 0 Å². The minimum absolute atomic E-state index is 1.03. The van der Waals surface area contributed by atoms with Crippen LogP contribution in [0.1, 0.15) is 90.4 Å². The van der Waals surface area contributed by atoms with Gasteiger partial charge in [-0.3, -0.25) is 0 Å². The van der Waals surface area contributed by atoms with Crippen molar-refractivity contribution in [2.75, 3.05) is 0 Å². The van der Waals surface area contributed by atoms with Crippen molar-refractivity contribution < 1.29 is 5.11 Å². The molecule has 0 unspecified atom stereocenters. The van der Waals surface area contributed by atoms with Crippen LogP contribution in [0.25, 0.3) is 0 Å². The molecule has 0 radical (unpaired) electrons. The van der Waals surface area contributed by atoms with Crippen molar-refractivity contribution in [1.29, 1.82) is 0 Å². The summed E-state index contributed by atoms with van der Waals surface area (Å²) in [6.45, 7) is 2.19. The maximum Gasteiger partial charge on any atom is 0.0751 e. The van der Waals surface area contributed by atoms with Crippen molar-refractivity contribution in [2.24, 2.45) is 0 Å². The number of aliphatic hydroxyl groups excluding tert-OH is 1. The molecule has 0 aliphatic heterocycles. The maximum absolute atomic E-state index is 8.49. The first-order valence-electron chi connectivity index (χ1n) is 8.36. The van der Waals surface area contributed by atoms with Gasteiger partial charge < -0.3 is 5.11 Å². The lowest BCUT2D eigenvalue weighted by Gasteiger charge is -2.01. The van der Waals surface area contributed by atoms with E-state index in [1.165, 1.54) is 77.0 Å². The molecule has 0 aromatic rings. The Morgan fingerprint density at radius 1 is 0.579 bits per heavy atom. The van der Waals surface area contributed by atoms with Crippen LogP contribution in [-0.4, -0.2) is 5.11 Å². The van der Waals surface area contributed by atoms with E-state index in [0.717, 1.165) is 12.7 Å². The van der Waals surface area contributed by atoms with Gasteiger partial charge in [-0.1, -0.05) is 76.5 Å². The van der Waals surface area contributed by atoms with Gasteiger partial charge in [0.25, 0.3) is 0 Å². The molecule has 112 valence electrons. The average Bonchev–Trinajstić information content (AvgIpc) is 2.43. The Bertz CT molecular complexity index is 206. The van der Waals surface area contributed by atoms with Crippen molar-refractivity contribution in [2.45, 2.75) is 90.4 Å². The molecule has 0 atom stereocenters. The number of hydrogen-bond acceptors (Lipinski definition) is 1. The number of aliphatic hydroxyl groups is 1. The lowest BCUT2D eigenvalue weighted by atomic mass is 10.1. The van der Waals surface area contributed by atoms with Crippen LogP contribution >= 0.6 is 0 Å². The highest BCUT2D eigenvalue weighted by atomic mass is 16.2. The highest BCUT2D eigenvalue weighted by Crippen LogP contribution is 2.12. The number of rotatable bonds is 14. The first-order chi connectivity index (χ1) is 9.41. The number of allylic oxidation sites excluding steroid dienone is 3. The van der Waals surface area contributed by atoms with E-state index in [4.69, 9.17) is 5.11 Å². The lowest BCUT2D eigenvalue weighted by molar-refractivity contribution is 0.469. The molecule has 0 aliphatic rings. The third-order valence-corrected chi connectivity index (χ3v) is 3.50. The molecule has 0 aromatic carbocycles. The topological polar surface area (TPSA) is 20.2 Å². The molecule has 0 rings (SSSR count). The Hall–Kier alpha value is -0.720. The molecular formula is C18H34O. The van der Waals surface area contributed by atoms with E-state index in [2.05, 4.69) is 19.1 Å². The number of unbranched alkanes of at least 4 members (excludes halogenated alkanes) is 11.